The van der Waals surface area contributed by atoms with Crippen LogP contribution in [-0.2, 0) is 9.53 Å². The van der Waals surface area contributed by atoms with Gasteiger partial charge in [0.05, 0.1) is 43.0 Å². The van der Waals surface area contributed by atoms with Gasteiger partial charge in [0, 0.05) is 13.3 Å². The maximum absolute atomic E-state index is 11.9. The number of nitrogens with zero attached hydrogens (tertiary/aromatic N) is 2. The molecule has 3 rings (SSSR count). The number of aromatic amines is 1. The smallest absolute Gasteiger partial charge is 0.377 e. The fourth-order valence-corrected chi connectivity index (χ4v) is 2.64. The molecule has 1 atom stereocenters. The number of H-pyrrole nitrogens is 1. The Morgan fingerprint density at radius 1 is 1.46 bits per heavy atom. The van der Waals surface area contributed by atoms with E-state index in [1.165, 1.54) is 19.5 Å². The van der Waals surface area contributed by atoms with Crippen molar-refractivity contribution in [1.82, 2.24) is 20.7 Å². The standard InChI is InChI=1S/C14H17N5O5/c1-23-5-9-17-6-19(18-9)13-11-10(8(24-2)4-16-13)7(3-15-11)12(20)14(21)22/h3-4,9,15,17-18H,5-6H2,1-2H3,(H,21,22). The highest BCUT2D eigenvalue weighted by molar-refractivity contribution is 6.42. The largest absolute Gasteiger partial charge is 0.494 e. The van der Waals surface area contributed by atoms with Crippen molar-refractivity contribution in [3.63, 3.8) is 0 Å². The minimum absolute atomic E-state index is 0.0265. The highest BCUT2D eigenvalue weighted by Gasteiger charge is 2.28. The number of fused-ring (bicyclic) bond motifs is 1. The second-order valence-corrected chi connectivity index (χ2v) is 5.16. The molecule has 1 unspecified atom stereocenters. The molecule has 0 amide bonds. The Hall–Kier alpha value is -2.69. The van der Waals surface area contributed by atoms with Gasteiger partial charge in [-0.15, -0.1) is 0 Å². The van der Waals surface area contributed by atoms with Crippen molar-refractivity contribution in [2.75, 3.05) is 32.5 Å². The van der Waals surface area contributed by atoms with Gasteiger partial charge in [-0.2, -0.15) is 0 Å². The van der Waals surface area contributed by atoms with Crippen molar-refractivity contribution in [1.29, 1.82) is 0 Å². The van der Waals surface area contributed by atoms with Crippen LogP contribution >= 0.6 is 0 Å². The summed E-state index contributed by atoms with van der Waals surface area (Å²) in [5, 5.41) is 14.3. The van der Waals surface area contributed by atoms with E-state index in [0.717, 1.165) is 0 Å². The first kappa shape index (κ1) is 16.2. The van der Waals surface area contributed by atoms with Crippen LogP contribution in [0, 0.1) is 0 Å². The first-order valence-corrected chi connectivity index (χ1v) is 7.14. The van der Waals surface area contributed by atoms with Gasteiger partial charge in [0.1, 0.15) is 11.9 Å². The Kier molecular flexibility index (Phi) is 4.34. The number of nitrogens with one attached hydrogen (secondary N) is 3. The third-order valence-electron chi connectivity index (χ3n) is 3.71. The number of rotatable bonds is 6. The van der Waals surface area contributed by atoms with Gasteiger partial charge in [-0.05, 0) is 0 Å². The number of hydrazine groups is 1. The molecule has 0 bridgehead atoms. The number of carboxylic acids is 1. The molecule has 1 saturated heterocycles. The minimum Gasteiger partial charge on any atom is -0.494 e. The van der Waals surface area contributed by atoms with Gasteiger partial charge in [0.25, 0.3) is 5.78 Å². The summed E-state index contributed by atoms with van der Waals surface area (Å²) in [6.45, 7) is 0.924. The van der Waals surface area contributed by atoms with E-state index < -0.39 is 11.8 Å². The van der Waals surface area contributed by atoms with Crippen molar-refractivity contribution >= 4 is 28.5 Å². The quantitative estimate of drug-likeness (QED) is 0.415. The van der Waals surface area contributed by atoms with Crippen LogP contribution < -0.4 is 20.5 Å². The van der Waals surface area contributed by atoms with Gasteiger partial charge in [-0.1, -0.05) is 0 Å². The molecule has 2 aromatic heterocycles. The topological polar surface area (TPSA) is 129 Å². The van der Waals surface area contributed by atoms with Crippen LogP contribution in [0.4, 0.5) is 5.82 Å². The molecule has 0 spiro atoms. The second-order valence-electron chi connectivity index (χ2n) is 5.16. The van der Waals surface area contributed by atoms with E-state index in [4.69, 9.17) is 14.6 Å². The number of aliphatic carboxylic acids is 1. The van der Waals surface area contributed by atoms with Gasteiger partial charge >= 0.3 is 5.97 Å². The maximum atomic E-state index is 11.9. The molecule has 3 heterocycles. The number of ether oxygens (including phenoxy) is 2. The fraction of sp³-hybridized carbons (Fsp3) is 0.357. The van der Waals surface area contributed by atoms with E-state index in [-0.39, 0.29) is 11.7 Å². The molecule has 24 heavy (non-hydrogen) atoms. The minimum atomic E-state index is -1.53. The molecule has 128 valence electrons. The van der Waals surface area contributed by atoms with Crippen LogP contribution in [0.25, 0.3) is 10.9 Å². The molecule has 10 heteroatoms. The summed E-state index contributed by atoms with van der Waals surface area (Å²) in [6.07, 6.45) is 2.73. The van der Waals surface area contributed by atoms with E-state index in [1.54, 1.807) is 12.1 Å². The van der Waals surface area contributed by atoms with Crippen molar-refractivity contribution in [3.8, 4) is 5.75 Å². The van der Waals surface area contributed by atoms with Crippen LogP contribution in [-0.4, -0.2) is 60.5 Å². The number of carbonyl (C=O) groups is 2. The summed E-state index contributed by atoms with van der Waals surface area (Å²) in [4.78, 5) is 30.2. The van der Waals surface area contributed by atoms with Crippen molar-refractivity contribution in [3.05, 3.63) is 18.0 Å². The number of carboxylic acid groups (broad SMARTS) is 1. The summed E-state index contributed by atoms with van der Waals surface area (Å²) in [5.41, 5.74) is 3.70. The highest BCUT2D eigenvalue weighted by atomic mass is 16.5. The highest BCUT2D eigenvalue weighted by Crippen LogP contribution is 2.33. The average molecular weight is 335 g/mol. The molecular weight excluding hydrogens is 318 g/mol. The number of ketones is 1. The summed E-state index contributed by atoms with van der Waals surface area (Å²) >= 11 is 0. The maximum Gasteiger partial charge on any atom is 0.377 e. The Labute approximate surface area is 136 Å². The lowest BCUT2D eigenvalue weighted by Gasteiger charge is -2.18. The van der Waals surface area contributed by atoms with E-state index in [0.29, 0.717) is 35.7 Å². The van der Waals surface area contributed by atoms with E-state index in [2.05, 4.69) is 20.7 Å². The Bertz CT molecular complexity index is 789. The lowest BCUT2D eigenvalue weighted by molar-refractivity contribution is -0.131. The molecule has 1 fully saturated rings. The summed E-state index contributed by atoms with van der Waals surface area (Å²) in [7, 11) is 3.03. The Morgan fingerprint density at radius 2 is 2.25 bits per heavy atom. The lowest BCUT2D eigenvalue weighted by Crippen LogP contribution is -2.40. The Morgan fingerprint density at radius 3 is 2.92 bits per heavy atom. The fourth-order valence-electron chi connectivity index (χ4n) is 2.64. The molecule has 4 N–H and O–H groups in total. The molecule has 0 saturated carbocycles. The molecule has 1 aliphatic heterocycles. The van der Waals surface area contributed by atoms with Gasteiger partial charge in [0.2, 0.25) is 0 Å². The molecule has 1 aliphatic rings. The monoisotopic (exact) mass is 335 g/mol. The second kappa shape index (κ2) is 6.43. The normalized spacial score (nSPS) is 17.4. The van der Waals surface area contributed by atoms with Crippen LogP contribution in [0.3, 0.4) is 0 Å². The zero-order valence-corrected chi connectivity index (χ0v) is 13.1. The van der Waals surface area contributed by atoms with Crippen molar-refractivity contribution in [2.24, 2.45) is 0 Å². The molecule has 10 nitrogen and oxygen atoms in total. The van der Waals surface area contributed by atoms with Crippen molar-refractivity contribution in [2.45, 2.75) is 6.17 Å². The lowest BCUT2D eigenvalue weighted by atomic mass is 10.1. The first-order valence-electron chi connectivity index (χ1n) is 7.14. The molecule has 0 aliphatic carbocycles. The van der Waals surface area contributed by atoms with Crippen LogP contribution in [0.1, 0.15) is 10.4 Å². The zero-order chi connectivity index (χ0) is 17.3. The molecular formula is C14H17N5O5. The van der Waals surface area contributed by atoms with Gasteiger partial charge in [-0.3, -0.25) is 15.1 Å². The van der Waals surface area contributed by atoms with Crippen molar-refractivity contribution < 1.29 is 24.2 Å². The number of anilines is 1. The third kappa shape index (κ3) is 2.66. The van der Waals surface area contributed by atoms with Crippen LogP contribution in [0.5, 0.6) is 5.75 Å². The molecule has 2 aromatic rings. The number of hydrogen-bond donors (Lipinski definition) is 4. The first-order chi connectivity index (χ1) is 11.6. The predicted octanol–water partition coefficient (Wildman–Crippen LogP) is -0.317. The molecule has 0 aromatic carbocycles. The average Bonchev–Trinajstić information content (AvgIpc) is 3.20. The van der Waals surface area contributed by atoms with Crippen LogP contribution in [0.15, 0.2) is 12.4 Å². The number of hydrogen-bond acceptors (Lipinski definition) is 8. The van der Waals surface area contributed by atoms with Gasteiger partial charge in [0.15, 0.2) is 5.82 Å². The number of pyridine rings is 1. The third-order valence-corrected chi connectivity index (χ3v) is 3.71. The zero-order valence-electron chi connectivity index (χ0n) is 13.1. The SMILES string of the molecule is COCC1NCN(c2ncc(OC)c3c(C(=O)C(=O)O)c[nH]c23)N1. The number of aromatic nitrogens is 2. The predicted molar refractivity (Wildman–Crippen MR) is 83.9 cm³/mol. The summed E-state index contributed by atoms with van der Waals surface area (Å²) in [5.74, 6) is -1.71. The number of carbonyl (C=O) groups excluding carboxylic acids is 1. The van der Waals surface area contributed by atoms with Gasteiger partial charge in [-0.25, -0.2) is 15.2 Å². The number of methoxy groups -OCH3 is 2. The summed E-state index contributed by atoms with van der Waals surface area (Å²) < 4.78 is 10.3. The van der Waals surface area contributed by atoms with Crippen LogP contribution in [0.2, 0.25) is 0 Å². The van der Waals surface area contributed by atoms with Gasteiger partial charge < -0.3 is 19.6 Å². The molecule has 0 radical (unpaired) electrons. The van der Waals surface area contributed by atoms with E-state index in [1.807, 2.05) is 0 Å². The Balaban J connectivity index is 2.05. The number of Topliss-reactive ketones (excluding diaryl/α,β-unsaturated/α-hetero) is 1. The van der Waals surface area contributed by atoms with E-state index in [9.17, 15) is 9.59 Å². The summed E-state index contributed by atoms with van der Waals surface area (Å²) in [6, 6.07) is 0. The van der Waals surface area contributed by atoms with E-state index >= 15 is 0 Å².